The van der Waals surface area contributed by atoms with Gasteiger partial charge in [-0.05, 0) is 51.1 Å². The molecule has 1 atom stereocenters. The van der Waals surface area contributed by atoms with Crippen LogP contribution in [0.5, 0.6) is 0 Å². The molecule has 14 heavy (non-hydrogen) atoms. The van der Waals surface area contributed by atoms with Crippen molar-refractivity contribution in [2.24, 2.45) is 5.41 Å². The summed E-state index contributed by atoms with van der Waals surface area (Å²) in [5.41, 5.74) is 0.726. The van der Waals surface area contributed by atoms with E-state index in [2.05, 4.69) is 24.1 Å². The number of rotatable bonds is 3. The quantitative estimate of drug-likeness (QED) is 0.741. The van der Waals surface area contributed by atoms with Crippen LogP contribution in [0.4, 0.5) is 0 Å². The van der Waals surface area contributed by atoms with E-state index in [1.807, 2.05) is 0 Å². The second-order valence-electron chi connectivity index (χ2n) is 5.30. The van der Waals surface area contributed by atoms with Crippen LogP contribution in [0.25, 0.3) is 0 Å². The van der Waals surface area contributed by atoms with E-state index >= 15 is 0 Å². The summed E-state index contributed by atoms with van der Waals surface area (Å²) >= 11 is 0. The average molecular weight is 196 g/mol. The average Bonchev–Trinajstić information content (AvgIpc) is 2.94. The highest BCUT2D eigenvalue weighted by atomic mass is 15.2. The molecule has 0 spiro atoms. The third-order valence-electron chi connectivity index (χ3n) is 3.94. The fraction of sp³-hybridized carbons (Fsp3) is 1.00. The summed E-state index contributed by atoms with van der Waals surface area (Å²) in [6.07, 6.45) is 5.65. The first-order valence-electron chi connectivity index (χ1n) is 6.20. The normalized spacial score (nSPS) is 32.6. The van der Waals surface area contributed by atoms with Gasteiger partial charge in [-0.1, -0.05) is 6.92 Å². The number of hydrogen-bond acceptors (Lipinski definition) is 2. The summed E-state index contributed by atoms with van der Waals surface area (Å²) < 4.78 is 0. The fourth-order valence-electron chi connectivity index (χ4n) is 2.61. The predicted octanol–water partition coefficient (Wildman–Crippen LogP) is 1.86. The number of nitrogens with zero attached hydrogens (tertiary/aromatic N) is 1. The summed E-state index contributed by atoms with van der Waals surface area (Å²) in [4.78, 5) is 2.68. The monoisotopic (exact) mass is 196 g/mol. The Labute approximate surface area is 88.1 Å². The van der Waals surface area contributed by atoms with Crippen molar-refractivity contribution in [3.8, 4) is 0 Å². The Morgan fingerprint density at radius 1 is 1.43 bits per heavy atom. The van der Waals surface area contributed by atoms with Gasteiger partial charge in [0.25, 0.3) is 0 Å². The Morgan fingerprint density at radius 3 is 2.86 bits per heavy atom. The Bertz CT molecular complexity index is 187. The molecule has 0 amide bonds. The predicted molar refractivity (Wildman–Crippen MR) is 60.5 cm³/mol. The SMILES string of the molecule is CCC1(CN2CCCNC(C)C2)CC1. The van der Waals surface area contributed by atoms with Crippen LogP contribution in [0.1, 0.15) is 39.5 Å². The maximum Gasteiger partial charge on any atom is 0.0166 e. The Morgan fingerprint density at radius 2 is 2.21 bits per heavy atom. The van der Waals surface area contributed by atoms with Crippen LogP contribution in [0.3, 0.4) is 0 Å². The maximum absolute atomic E-state index is 3.56. The van der Waals surface area contributed by atoms with Crippen molar-refractivity contribution in [1.29, 1.82) is 0 Å². The minimum Gasteiger partial charge on any atom is -0.313 e. The molecule has 2 aliphatic rings. The first kappa shape index (κ1) is 10.4. The maximum atomic E-state index is 3.56. The molecule has 1 unspecified atom stereocenters. The van der Waals surface area contributed by atoms with Gasteiger partial charge in [0.1, 0.15) is 0 Å². The lowest BCUT2D eigenvalue weighted by atomic mass is 10.0. The molecule has 0 aromatic carbocycles. The van der Waals surface area contributed by atoms with Gasteiger partial charge < -0.3 is 10.2 Å². The van der Waals surface area contributed by atoms with Gasteiger partial charge in [-0.3, -0.25) is 0 Å². The summed E-state index contributed by atoms with van der Waals surface area (Å²) in [5.74, 6) is 0. The van der Waals surface area contributed by atoms with Gasteiger partial charge in [0.2, 0.25) is 0 Å². The zero-order valence-corrected chi connectivity index (χ0v) is 9.68. The van der Waals surface area contributed by atoms with E-state index in [-0.39, 0.29) is 0 Å². The minimum absolute atomic E-state index is 0.685. The van der Waals surface area contributed by atoms with Crippen LogP contribution in [0.2, 0.25) is 0 Å². The van der Waals surface area contributed by atoms with E-state index in [4.69, 9.17) is 0 Å². The largest absolute Gasteiger partial charge is 0.313 e. The van der Waals surface area contributed by atoms with E-state index < -0.39 is 0 Å². The van der Waals surface area contributed by atoms with Gasteiger partial charge in [0.15, 0.2) is 0 Å². The van der Waals surface area contributed by atoms with Crippen LogP contribution >= 0.6 is 0 Å². The molecule has 0 aromatic rings. The molecule has 1 aliphatic heterocycles. The fourth-order valence-corrected chi connectivity index (χ4v) is 2.61. The Kier molecular flexibility index (Phi) is 3.13. The molecule has 82 valence electrons. The molecular weight excluding hydrogens is 172 g/mol. The molecule has 1 N–H and O–H groups in total. The molecule has 1 saturated carbocycles. The van der Waals surface area contributed by atoms with Crippen LogP contribution in [0, 0.1) is 5.41 Å². The van der Waals surface area contributed by atoms with E-state index in [0.717, 1.165) is 5.41 Å². The highest BCUT2D eigenvalue weighted by molar-refractivity contribution is 4.95. The van der Waals surface area contributed by atoms with Gasteiger partial charge in [-0.25, -0.2) is 0 Å². The highest BCUT2D eigenvalue weighted by Crippen LogP contribution is 2.49. The smallest absolute Gasteiger partial charge is 0.0166 e. The van der Waals surface area contributed by atoms with Crippen molar-refractivity contribution in [2.45, 2.75) is 45.6 Å². The van der Waals surface area contributed by atoms with Gasteiger partial charge >= 0.3 is 0 Å². The summed E-state index contributed by atoms with van der Waals surface area (Å²) in [5, 5.41) is 3.56. The molecule has 1 saturated heterocycles. The highest BCUT2D eigenvalue weighted by Gasteiger charge is 2.41. The van der Waals surface area contributed by atoms with Crippen LogP contribution in [-0.2, 0) is 0 Å². The van der Waals surface area contributed by atoms with E-state index in [0.29, 0.717) is 6.04 Å². The molecule has 0 radical (unpaired) electrons. The zero-order valence-electron chi connectivity index (χ0n) is 9.68. The molecule has 2 heteroatoms. The summed E-state index contributed by atoms with van der Waals surface area (Å²) in [6.45, 7) is 9.78. The second-order valence-corrected chi connectivity index (χ2v) is 5.30. The van der Waals surface area contributed by atoms with Gasteiger partial charge in [-0.15, -0.1) is 0 Å². The molecule has 1 heterocycles. The third kappa shape index (κ3) is 2.48. The van der Waals surface area contributed by atoms with Crippen LogP contribution in [0.15, 0.2) is 0 Å². The van der Waals surface area contributed by atoms with Crippen LogP contribution < -0.4 is 5.32 Å². The van der Waals surface area contributed by atoms with Gasteiger partial charge in [-0.2, -0.15) is 0 Å². The Hall–Kier alpha value is -0.0800. The number of hydrogen-bond donors (Lipinski definition) is 1. The van der Waals surface area contributed by atoms with E-state index in [1.165, 1.54) is 51.9 Å². The first-order valence-corrected chi connectivity index (χ1v) is 6.20. The lowest BCUT2D eigenvalue weighted by molar-refractivity contribution is 0.215. The third-order valence-corrected chi connectivity index (χ3v) is 3.94. The standard InChI is InChI=1S/C12H24N2/c1-3-12(5-6-12)10-14-8-4-7-13-11(2)9-14/h11,13H,3-10H2,1-2H3. The van der Waals surface area contributed by atoms with Crippen molar-refractivity contribution >= 4 is 0 Å². The molecular formula is C12H24N2. The van der Waals surface area contributed by atoms with E-state index in [9.17, 15) is 0 Å². The van der Waals surface area contributed by atoms with Crippen molar-refractivity contribution in [1.82, 2.24) is 10.2 Å². The lowest BCUT2D eigenvalue weighted by Gasteiger charge is -2.26. The van der Waals surface area contributed by atoms with Crippen molar-refractivity contribution in [3.05, 3.63) is 0 Å². The lowest BCUT2D eigenvalue weighted by Crippen LogP contribution is -2.38. The van der Waals surface area contributed by atoms with Gasteiger partial charge in [0, 0.05) is 19.1 Å². The first-order chi connectivity index (χ1) is 6.74. The molecule has 1 aliphatic carbocycles. The van der Waals surface area contributed by atoms with Crippen molar-refractivity contribution in [3.63, 3.8) is 0 Å². The second kappa shape index (κ2) is 4.19. The topological polar surface area (TPSA) is 15.3 Å². The van der Waals surface area contributed by atoms with Gasteiger partial charge in [0.05, 0.1) is 0 Å². The summed E-state index contributed by atoms with van der Waals surface area (Å²) in [7, 11) is 0. The molecule has 0 bridgehead atoms. The molecule has 2 fully saturated rings. The van der Waals surface area contributed by atoms with E-state index in [1.54, 1.807) is 0 Å². The van der Waals surface area contributed by atoms with Crippen LogP contribution in [-0.4, -0.2) is 37.1 Å². The molecule has 2 rings (SSSR count). The number of nitrogens with one attached hydrogen (secondary N) is 1. The summed E-state index contributed by atoms with van der Waals surface area (Å²) in [6, 6.07) is 0.685. The molecule has 2 nitrogen and oxygen atoms in total. The zero-order chi connectivity index (χ0) is 10.0. The molecule has 0 aromatic heterocycles. The minimum atomic E-state index is 0.685. The van der Waals surface area contributed by atoms with Crippen molar-refractivity contribution in [2.75, 3.05) is 26.2 Å². The Balaban J connectivity index is 1.83. The van der Waals surface area contributed by atoms with Crippen molar-refractivity contribution < 1.29 is 0 Å².